The molecule has 2 aromatic heterocycles. The first kappa shape index (κ1) is 15.7. The van der Waals surface area contributed by atoms with Gasteiger partial charge in [-0.25, -0.2) is 9.48 Å². The molecule has 26 heavy (non-hydrogen) atoms. The van der Waals surface area contributed by atoms with E-state index in [0.717, 1.165) is 10.9 Å². The van der Waals surface area contributed by atoms with E-state index in [1.807, 2.05) is 24.3 Å². The average molecular weight is 347 g/mol. The largest absolute Gasteiger partial charge is 0.454 e. The van der Waals surface area contributed by atoms with Crippen LogP contribution in [0, 0.1) is 0 Å². The monoisotopic (exact) mass is 347 g/mol. The number of aromatic nitrogens is 5. The first-order chi connectivity index (χ1) is 12.7. The molecule has 2 aromatic carbocycles. The molecule has 0 unspecified atom stereocenters. The van der Waals surface area contributed by atoms with Crippen LogP contribution in [0.25, 0.3) is 16.6 Å². The molecule has 4 aromatic rings. The number of carbonyl (C=O) groups excluding carboxylic acids is 2. The van der Waals surface area contributed by atoms with Crippen LogP contribution in [-0.4, -0.2) is 43.6 Å². The van der Waals surface area contributed by atoms with Gasteiger partial charge < -0.3 is 9.72 Å². The molecule has 0 aliphatic heterocycles. The van der Waals surface area contributed by atoms with Gasteiger partial charge in [0.05, 0.1) is 11.3 Å². The van der Waals surface area contributed by atoms with E-state index in [9.17, 15) is 9.59 Å². The third-order valence-corrected chi connectivity index (χ3v) is 3.92. The predicted octanol–water partition coefficient (Wildman–Crippen LogP) is 2.18. The third-order valence-electron chi connectivity index (χ3n) is 3.92. The van der Waals surface area contributed by atoms with Crippen molar-refractivity contribution in [2.24, 2.45) is 0 Å². The van der Waals surface area contributed by atoms with Crippen LogP contribution in [0.3, 0.4) is 0 Å². The van der Waals surface area contributed by atoms with Crippen LogP contribution in [0.2, 0.25) is 0 Å². The van der Waals surface area contributed by atoms with Gasteiger partial charge in [-0.2, -0.15) is 0 Å². The van der Waals surface area contributed by atoms with Gasteiger partial charge in [-0.3, -0.25) is 4.79 Å². The highest BCUT2D eigenvalue weighted by atomic mass is 16.5. The van der Waals surface area contributed by atoms with Crippen molar-refractivity contribution in [1.29, 1.82) is 0 Å². The van der Waals surface area contributed by atoms with Crippen molar-refractivity contribution in [3.8, 4) is 5.69 Å². The minimum Gasteiger partial charge on any atom is -0.454 e. The Kier molecular flexibility index (Phi) is 3.98. The Hall–Kier alpha value is -3.81. The Morgan fingerprint density at radius 3 is 2.85 bits per heavy atom. The maximum absolute atomic E-state index is 12.4. The molecule has 0 atom stereocenters. The van der Waals surface area contributed by atoms with Crippen molar-refractivity contribution in [1.82, 2.24) is 25.2 Å². The van der Waals surface area contributed by atoms with Gasteiger partial charge in [-0.05, 0) is 34.7 Å². The highest BCUT2D eigenvalue weighted by Crippen LogP contribution is 2.18. The minimum absolute atomic E-state index is 0.271. The van der Waals surface area contributed by atoms with Crippen molar-refractivity contribution >= 4 is 22.7 Å². The molecule has 128 valence electrons. The van der Waals surface area contributed by atoms with Crippen molar-refractivity contribution in [2.45, 2.75) is 0 Å². The highest BCUT2D eigenvalue weighted by molar-refractivity contribution is 6.09. The molecule has 0 saturated heterocycles. The van der Waals surface area contributed by atoms with Gasteiger partial charge in [0.15, 0.2) is 6.61 Å². The van der Waals surface area contributed by atoms with E-state index in [-0.39, 0.29) is 12.4 Å². The summed E-state index contributed by atoms with van der Waals surface area (Å²) in [4.78, 5) is 27.7. The van der Waals surface area contributed by atoms with E-state index in [1.54, 1.807) is 30.5 Å². The summed E-state index contributed by atoms with van der Waals surface area (Å²) in [5.74, 6) is -0.861. The van der Waals surface area contributed by atoms with Crippen LogP contribution in [0.1, 0.15) is 20.7 Å². The zero-order valence-corrected chi connectivity index (χ0v) is 13.5. The summed E-state index contributed by atoms with van der Waals surface area (Å²) in [5.41, 5.74) is 2.28. The molecule has 0 saturated carbocycles. The van der Waals surface area contributed by atoms with E-state index in [4.69, 9.17) is 4.74 Å². The van der Waals surface area contributed by atoms with Crippen LogP contribution < -0.4 is 0 Å². The van der Waals surface area contributed by atoms with Crippen LogP contribution in [0.5, 0.6) is 0 Å². The predicted molar refractivity (Wildman–Crippen MR) is 92.1 cm³/mol. The number of rotatable bonds is 5. The summed E-state index contributed by atoms with van der Waals surface area (Å²) in [7, 11) is 0. The van der Waals surface area contributed by atoms with Gasteiger partial charge in [0.1, 0.15) is 6.33 Å². The lowest BCUT2D eigenvalue weighted by Crippen LogP contribution is -2.14. The van der Waals surface area contributed by atoms with E-state index in [1.165, 1.54) is 11.0 Å². The lowest BCUT2D eigenvalue weighted by atomic mass is 10.1. The second-order valence-corrected chi connectivity index (χ2v) is 5.55. The quantitative estimate of drug-likeness (QED) is 0.438. The fraction of sp³-hybridized carbons (Fsp3) is 0.0556. The second kappa shape index (κ2) is 6.60. The van der Waals surface area contributed by atoms with E-state index in [0.29, 0.717) is 16.8 Å². The number of esters is 1. The zero-order chi connectivity index (χ0) is 17.9. The van der Waals surface area contributed by atoms with Gasteiger partial charge in [0.2, 0.25) is 5.78 Å². The summed E-state index contributed by atoms with van der Waals surface area (Å²) >= 11 is 0. The van der Waals surface area contributed by atoms with E-state index < -0.39 is 5.97 Å². The molecular formula is C18H13N5O3. The number of H-pyrrole nitrogens is 1. The number of ketones is 1. The number of ether oxygens (including phenoxy) is 1. The minimum atomic E-state index is -0.590. The Morgan fingerprint density at radius 2 is 2.00 bits per heavy atom. The maximum Gasteiger partial charge on any atom is 0.338 e. The number of nitrogens with zero attached hydrogens (tertiary/aromatic N) is 4. The molecule has 0 radical (unpaired) electrons. The normalized spacial score (nSPS) is 10.8. The number of hydrogen-bond acceptors (Lipinski definition) is 6. The molecule has 4 rings (SSSR count). The summed E-state index contributed by atoms with van der Waals surface area (Å²) in [6.07, 6.45) is 3.05. The fourth-order valence-corrected chi connectivity index (χ4v) is 2.65. The van der Waals surface area contributed by atoms with Gasteiger partial charge >= 0.3 is 5.97 Å². The van der Waals surface area contributed by atoms with Crippen molar-refractivity contribution < 1.29 is 14.3 Å². The summed E-state index contributed by atoms with van der Waals surface area (Å²) in [6, 6.07) is 14.1. The summed E-state index contributed by atoms with van der Waals surface area (Å²) in [6.45, 7) is -0.338. The number of Topliss-reactive ketones (excluding diaryl/α,β-unsaturated/α-hetero) is 1. The molecule has 0 aliphatic rings. The van der Waals surface area contributed by atoms with E-state index in [2.05, 4.69) is 20.5 Å². The van der Waals surface area contributed by atoms with Crippen LogP contribution in [-0.2, 0) is 4.74 Å². The summed E-state index contributed by atoms with van der Waals surface area (Å²) in [5, 5.41) is 11.7. The fourth-order valence-electron chi connectivity index (χ4n) is 2.65. The molecule has 8 nitrogen and oxygen atoms in total. The Bertz CT molecular complexity index is 1090. The number of aromatic amines is 1. The number of carbonyl (C=O) groups is 2. The standard InChI is InChI=1S/C18H13N5O3/c24-17(15-9-19-16-7-2-1-6-14(15)16)10-26-18(25)12-4-3-5-13(8-12)23-11-20-21-22-23/h1-9,11,19H,10H2. The molecule has 1 N–H and O–H groups in total. The number of hydrogen-bond donors (Lipinski definition) is 1. The lowest BCUT2D eigenvalue weighted by Gasteiger charge is -2.05. The van der Waals surface area contributed by atoms with Gasteiger partial charge in [-0.1, -0.05) is 24.3 Å². The average Bonchev–Trinajstić information content (AvgIpc) is 3.36. The van der Waals surface area contributed by atoms with Crippen LogP contribution >= 0.6 is 0 Å². The molecule has 0 amide bonds. The molecule has 2 heterocycles. The lowest BCUT2D eigenvalue weighted by molar-refractivity contribution is 0.0475. The molecule has 0 spiro atoms. The molecule has 8 heteroatoms. The van der Waals surface area contributed by atoms with Crippen molar-refractivity contribution in [3.05, 3.63) is 72.2 Å². The van der Waals surface area contributed by atoms with Gasteiger partial charge in [-0.15, -0.1) is 5.10 Å². The first-order valence-corrected chi connectivity index (χ1v) is 7.82. The zero-order valence-electron chi connectivity index (χ0n) is 13.5. The van der Waals surface area contributed by atoms with Crippen molar-refractivity contribution in [2.75, 3.05) is 6.61 Å². The number of fused-ring (bicyclic) bond motifs is 1. The number of para-hydroxylation sites is 1. The molecule has 0 bridgehead atoms. The summed E-state index contributed by atoms with van der Waals surface area (Å²) < 4.78 is 6.60. The number of tetrazole rings is 1. The van der Waals surface area contributed by atoms with Crippen LogP contribution in [0.15, 0.2) is 61.1 Å². The Morgan fingerprint density at radius 1 is 1.12 bits per heavy atom. The second-order valence-electron chi connectivity index (χ2n) is 5.55. The number of benzene rings is 2. The Balaban J connectivity index is 1.47. The van der Waals surface area contributed by atoms with E-state index >= 15 is 0 Å². The molecule has 0 fully saturated rings. The first-order valence-electron chi connectivity index (χ1n) is 7.82. The highest BCUT2D eigenvalue weighted by Gasteiger charge is 2.15. The Labute approximate surface area is 147 Å². The SMILES string of the molecule is O=C(OCC(=O)c1c[nH]c2ccccc12)c1cccc(-n2cnnn2)c1. The van der Waals surface area contributed by atoms with Gasteiger partial charge in [0, 0.05) is 22.7 Å². The van der Waals surface area contributed by atoms with Crippen molar-refractivity contribution in [3.63, 3.8) is 0 Å². The third kappa shape index (κ3) is 2.95. The molecular weight excluding hydrogens is 334 g/mol. The van der Waals surface area contributed by atoms with Gasteiger partial charge in [0.25, 0.3) is 0 Å². The van der Waals surface area contributed by atoms with Crippen LogP contribution in [0.4, 0.5) is 0 Å². The molecule has 0 aliphatic carbocycles. The topological polar surface area (TPSA) is 103 Å². The maximum atomic E-state index is 12.4. The smallest absolute Gasteiger partial charge is 0.338 e. The number of nitrogens with one attached hydrogen (secondary N) is 1.